The molecule has 0 aromatic rings. The third kappa shape index (κ3) is 3.72. The maximum Gasteiger partial charge on any atom is 0.410 e. The summed E-state index contributed by atoms with van der Waals surface area (Å²) in [5, 5.41) is 8.92. The van der Waals surface area contributed by atoms with Crippen LogP contribution in [-0.2, 0) is 9.53 Å². The van der Waals surface area contributed by atoms with E-state index in [0.29, 0.717) is 0 Å². The number of hydrogen-bond donors (Lipinski definition) is 1. The molecule has 0 aromatic carbocycles. The monoisotopic (exact) mass is 231 g/mol. The molecule has 2 atom stereocenters. The van der Waals surface area contributed by atoms with Crippen LogP contribution in [0.4, 0.5) is 4.79 Å². The van der Waals surface area contributed by atoms with Crippen molar-refractivity contribution in [3.05, 3.63) is 0 Å². The van der Waals surface area contributed by atoms with Gasteiger partial charge in [0, 0.05) is 12.1 Å². The maximum absolute atomic E-state index is 11.7. The average molecular weight is 231 g/mol. The van der Waals surface area contributed by atoms with E-state index in [9.17, 15) is 9.59 Å². The highest BCUT2D eigenvalue weighted by molar-refractivity contribution is 5.73. The van der Waals surface area contributed by atoms with Gasteiger partial charge in [-0.15, -0.1) is 0 Å². The fourth-order valence-corrected chi connectivity index (χ4v) is 1.49. The molecule has 0 saturated carbocycles. The summed E-state index contributed by atoms with van der Waals surface area (Å²) in [6, 6.07) is -0.479. The van der Waals surface area contributed by atoms with Crippen molar-refractivity contribution in [1.82, 2.24) is 4.90 Å². The number of rotatable bonds is 5. The van der Waals surface area contributed by atoms with Crippen LogP contribution in [0.15, 0.2) is 0 Å². The molecular weight excluding hydrogens is 210 g/mol. The van der Waals surface area contributed by atoms with Crippen molar-refractivity contribution in [2.75, 3.05) is 6.61 Å². The first kappa shape index (κ1) is 14.7. The first-order valence-corrected chi connectivity index (χ1v) is 5.50. The van der Waals surface area contributed by atoms with Crippen molar-refractivity contribution in [1.29, 1.82) is 0 Å². The molecule has 0 aromatic heterocycles. The van der Waals surface area contributed by atoms with Crippen LogP contribution in [0.2, 0.25) is 0 Å². The molecule has 0 aliphatic carbocycles. The number of carboxylic acids is 1. The summed E-state index contributed by atoms with van der Waals surface area (Å²) in [5.74, 6) is -1.53. The van der Waals surface area contributed by atoms with Gasteiger partial charge in [0.15, 0.2) is 0 Å². The minimum Gasteiger partial charge on any atom is -0.481 e. The van der Waals surface area contributed by atoms with Gasteiger partial charge in [-0.1, -0.05) is 0 Å². The summed E-state index contributed by atoms with van der Waals surface area (Å²) in [7, 11) is 0. The van der Waals surface area contributed by atoms with Gasteiger partial charge >= 0.3 is 12.1 Å². The molecule has 0 heterocycles. The Balaban J connectivity index is 4.78. The third-order valence-corrected chi connectivity index (χ3v) is 2.59. The third-order valence-electron chi connectivity index (χ3n) is 2.59. The molecule has 0 saturated heterocycles. The molecule has 1 amide bonds. The van der Waals surface area contributed by atoms with Gasteiger partial charge in [-0.25, -0.2) is 4.79 Å². The lowest BCUT2D eigenvalue weighted by atomic mass is 10.0. The van der Waals surface area contributed by atoms with Crippen molar-refractivity contribution in [3.63, 3.8) is 0 Å². The van der Waals surface area contributed by atoms with E-state index < -0.39 is 24.0 Å². The van der Waals surface area contributed by atoms with Gasteiger partial charge in [-0.05, 0) is 34.6 Å². The van der Waals surface area contributed by atoms with E-state index in [2.05, 4.69) is 0 Å². The predicted octanol–water partition coefficient (Wildman–Crippen LogP) is 1.96. The Labute approximate surface area is 96.4 Å². The quantitative estimate of drug-likeness (QED) is 0.785. The van der Waals surface area contributed by atoms with Crippen LogP contribution in [0, 0.1) is 5.92 Å². The van der Waals surface area contributed by atoms with E-state index in [1.807, 2.05) is 13.8 Å². The summed E-state index contributed by atoms with van der Waals surface area (Å²) in [6.07, 6.45) is -0.460. The fourth-order valence-electron chi connectivity index (χ4n) is 1.49. The van der Waals surface area contributed by atoms with Crippen molar-refractivity contribution < 1.29 is 19.4 Å². The normalized spacial score (nSPS) is 14.4. The minimum atomic E-state index is -0.914. The standard InChI is InChI=1S/C11H21NO4/c1-6-16-11(15)12(7(2)3)9(5)8(4)10(13)14/h7-9H,6H2,1-5H3,(H,13,14). The lowest BCUT2D eigenvalue weighted by Crippen LogP contribution is -2.48. The fraction of sp³-hybridized carbons (Fsp3) is 0.818. The van der Waals surface area contributed by atoms with Crippen LogP contribution in [0.3, 0.4) is 0 Å². The molecule has 5 nitrogen and oxygen atoms in total. The first-order valence-electron chi connectivity index (χ1n) is 5.50. The van der Waals surface area contributed by atoms with Gasteiger partial charge in [-0.2, -0.15) is 0 Å². The van der Waals surface area contributed by atoms with Gasteiger partial charge < -0.3 is 14.7 Å². The lowest BCUT2D eigenvalue weighted by Gasteiger charge is -2.33. The van der Waals surface area contributed by atoms with Crippen LogP contribution >= 0.6 is 0 Å². The number of amides is 1. The van der Waals surface area contributed by atoms with Gasteiger partial charge in [0.2, 0.25) is 0 Å². The van der Waals surface area contributed by atoms with E-state index in [0.717, 1.165) is 0 Å². The summed E-state index contributed by atoms with van der Waals surface area (Å²) >= 11 is 0. The zero-order valence-corrected chi connectivity index (χ0v) is 10.6. The Hall–Kier alpha value is -1.26. The summed E-state index contributed by atoms with van der Waals surface area (Å²) in [5.41, 5.74) is 0. The largest absolute Gasteiger partial charge is 0.481 e. The van der Waals surface area contributed by atoms with Gasteiger partial charge in [0.1, 0.15) is 0 Å². The van der Waals surface area contributed by atoms with E-state index in [1.165, 1.54) is 4.90 Å². The number of carbonyl (C=O) groups is 2. The topological polar surface area (TPSA) is 66.8 Å². The molecule has 0 spiro atoms. The Bertz CT molecular complexity index is 252. The van der Waals surface area contributed by atoms with Crippen LogP contribution < -0.4 is 0 Å². The lowest BCUT2D eigenvalue weighted by molar-refractivity contribution is -0.143. The van der Waals surface area contributed by atoms with Crippen molar-refractivity contribution in [2.45, 2.75) is 46.7 Å². The van der Waals surface area contributed by atoms with Gasteiger partial charge in [0.25, 0.3) is 0 Å². The smallest absolute Gasteiger partial charge is 0.410 e. The number of carbonyl (C=O) groups excluding carboxylic acids is 1. The van der Waals surface area contributed by atoms with E-state index in [-0.39, 0.29) is 12.6 Å². The maximum atomic E-state index is 11.7. The molecule has 0 bridgehead atoms. The highest BCUT2D eigenvalue weighted by Gasteiger charge is 2.31. The number of nitrogens with zero attached hydrogens (tertiary/aromatic N) is 1. The van der Waals surface area contributed by atoms with Crippen LogP contribution in [0.25, 0.3) is 0 Å². The molecule has 0 fully saturated rings. The van der Waals surface area contributed by atoms with Gasteiger partial charge in [-0.3, -0.25) is 4.79 Å². The number of hydrogen-bond acceptors (Lipinski definition) is 3. The molecule has 0 radical (unpaired) electrons. The SMILES string of the molecule is CCOC(=O)N(C(C)C)C(C)C(C)C(=O)O. The Morgan fingerprint density at radius 2 is 1.75 bits per heavy atom. The second kappa shape index (κ2) is 6.35. The van der Waals surface area contributed by atoms with Crippen molar-refractivity contribution in [2.24, 2.45) is 5.92 Å². The molecule has 1 N–H and O–H groups in total. The molecule has 2 unspecified atom stereocenters. The zero-order chi connectivity index (χ0) is 12.9. The Morgan fingerprint density at radius 3 is 2.06 bits per heavy atom. The van der Waals surface area contributed by atoms with E-state index >= 15 is 0 Å². The number of ether oxygens (including phenoxy) is 1. The molecular formula is C11H21NO4. The van der Waals surface area contributed by atoms with Gasteiger partial charge in [0.05, 0.1) is 12.5 Å². The van der Waals surface area contributed by atoms with Crippen LogP contribution in [0.5, 0.6) is 0 Å². The number of aliphatic carboxylic acids is 1. The summed E-state index contributed by atoms with van der Waals surface area (Å²) < 4.78 is 4.91. The van der Waals surface area contributed by atoms with Crippen molar-refractivity contribution >= 4 is 12.1 Å². The molecule has 0 aliphatic heterocycles. The molecule has 0 rings (SSSR count). The molecule has 94 valence electrons. The second-order valence-corrected chi connectivity index (χ2v) is 4.07. The Morgan fingerprint density at radius 1 is 1.25 bits per heavy atom. The number of carboxylic acid groups (broad SMARTS) is 1. The molecule has 0 aliphatic rings. The highest BCUT2D eigenvalue weighted by Crippen LogP contribution is 2.15. The second-order valence-electron chi connectivity index (χ2n) is 4.07. The molecule has 16 heavy (non-hydrogen) atoms. The Kier molecular flexibility index (Phi) is 5.85. The predicted molar refractivity (Wildman–Crippen MR) is 60.3 cm³/mol. The van der Waals surface area contributed by atoms with Crippen LogP contribution in [-0.4, -0.2) is 40.8 Å². The van der Waals surface area contributed by atoms with E-state index in [4.69, 9.17) is 9.84 Å². The zero-order valence-electron chi connectivity index (χ0n) is 10.6. The summed E-state index contributed by atoms with van der Waals surface area (Å²) in [4.78, 5) is 24.0. The van der Waals surface area contributed by atoms with Crippen molar-refractivity contribution in [3.8, 4) is 0 Å². The first-order chi connectivity index (χ1) is 7.32. The minimum absolute atomic E-state index is 0.0872. The van der Waals surface area contributed by atoms with E-state index in [1.54, 1.807) is 20.8 Å². The molecule has 5 heteroatoms. The summed E-state index contributed by atoms with van der Waals surface area (Å²) in [6.45, 7) is 8.99. The van der Waals surface area contributed by atoms with Crippen LogP contribution in [0.1, 0.15) is 34.6 Å². The average Bonchev–Trinajstić information content (AvgIpc) is 2.16. The highest BCUT2D eigenvalue weighted by atomic mass is 16.6.